The molecule has 28 heavy (non-hydrogen) atoms. The maximum atomic E-state index is 12.2. The second-order valence-electron chi connectivity index (χ2n) is 7.73. The maximum Gasteiger partial charge on any atom is 0.321 e. The summed E-state index contributed by atoms with van der Waals surface area (Å²) in [5.41, 5.74) is 0. The smallest absolute Gasteiger partial charge is 0.321 e. The van der Waals surface area contributed by atoms with Gasteiger partial charge >= 0.3 is 12.0 Å². The molecule has 1 aliphatic carbocycles. The van der Waals surface area contributed by atoms with Crippen LogP contribution in [0.1, 0.15) is 58.8 Å². The first-order valence-corrected chi connectivity index (χ1v) is 11.2. The average molecular weight is 410 g/mol. The predicted octanol–water partition coefficient (Wildman–Crippen LogP) is 3.41. The zero-order chi connectivity index (χ0) is 19.9. The molecule has 0 radical (unpaired) electrons. The van der Waals surface area contributed by atoms with Gasteiger partial charge in [0.25, 0.3) is 0 Å². The minimum atomic E-state index is -0.248. The van der Waals surface area contributed by atoms with Crippen LogP contribution in [0.4, 0.5) is 15.1 Å². The Morgan fingerprint density at radius 3 is 2.68 bits per heavy atom. The van der Waals surface area contributed by atoms with Crippen LogP contribution >= 0.6 is 11.3 Å². The summed E-state index contributed by atoms with van der Waals surface area (Å²) in [5, 5.41) is 15.5. The molecule has 2 N–H and O–H groups in total. The molecule has 2 fully saturated rings. The molecule has 8 nitrogen and oxygen atoms in total. The van der Waals surface area contributed by atoms with E-state index in [0.717, 1.165) is 37.4 Å². The number of carbonyl (C=O) groups excluding carboxylic acids is 2. The van der Waals surface area contributed by atoms with Crippen LogP contribution in [0.3, 0.4) is 0 Å². The Kier molecular flexibility index (Phi) is 7.47. The van der Waals surface area contributed by atoms with E-state index in [1.807, 2.05) is 6.92 Å². The lowest BCUT2D eigenvalue weighted by atomic mass is 9.82. The molecule has 2 aliphatic rings. The van der Waals surface area contributed by atoms with Crippen LogP contribution in [-0.2, 0) is 9.53 Å². The number of hydrogen-bond acceptors (Lipinski definition) is 7. The highest BCUT2D eigenvalue weighted by Crippen LogP contribution is 2.30. The minimum absolute atomic E-state index is 0.0158. The number of nitrogens with one attached hydrogen (secondary N) is 2. The molecule has 1 aromatic heterocycles. The van der Waals surface area contributed by atoms with Gasteiger partial charge in [-0.3, -0.25) is 10.1 Å². The fraction of sp³-hybridized carbons (Fsp3) is 0.789. The van der Waals surface area contributed by atoms with Crippen molar-refractivity contribution in [3.8, 4) is 0 Å². The normalized spacial score (nSPS) is 25.2. The summed E-state index contributed by atoms with van der Waals surface area (Å²) < 4.78 is 5.10. The SMILES string of the molecule is CCOC(=O)C1CCC(CNC(=O)Nc2nnc(N3CCCC[C@H]3C)s2)CC1. The number of rotatable bonds is 6. The molecule has 0 unspecified atom stereocenters. The van der Waals surface area contributed by atoms with E-state index in [-0.39, 0.29) is 17.9 Å². The van der Waals surface area contributed by atoms with Crippen molar-refractivity contribution in [1.29, 1.82) is 0 Å². The summed E-state index contributed by atoms with van der Waals surface area (Å²) in [7, 11) is 0. The van der Waals surface area contributed by atoms with Gasteiger partial charge in [0.2, 0.25) is 10.3 Å². The van der Waals surface area contributed by atoms with Gasteiger partial charge in [0.1, 0.15) is 0 Å². The summed E-state index contributed by atoms with van der Waals surface area (Å²) in [5.74, 6) is 0.333. The number of hydrogen-bond donors (Lipinski definition) is 2. The van der Waals surface area contributed by atoms with Crippen LogP contribution < -0.4 is 15.5 Å². The topological polar surface area (TPSA) is 96.4 Å². The lowest BCUT2D eigenvalue weighted by Gasteiger charge is -2.32. The predicted molar refractivity (Wildman–Crippen MR) is 110 cm³/mol. The molecular weight excluding hydrogens is 378 g/mol. The Balaban J connectivity index is 1.39. The lowest BCUT2D eigenvalue weighted by molar-refractivity contribution is -0.149. The Bertz CT molecular complexity index is 660. The summed E-state index contributed by atoms with van der Waals surface area (Å²) in [4.78, 5) is 26.3. The Morgan fingerprint density at radius 2 is 1.96 bits per heavy atom. The molecule has 1 saturated carbocycles. The Hall–Kier alpha value is -1.90. The summed E-state index contributed by atoms with van der Waals surface area (Å²) in [6.07, 6.45) is 7.12. The zero-order valence-corrected chi connectivity index (χ0v) is 17.6. The highest BCUT2D eigenvalue weighted by Gasteiger charge is 2.27. The largest absolute Gasteiger partial charge is 0.466 e. The third-order valence-electron chi connectivity index (χ3n) is 5.70. The van der Waals surface area contributed by atoms with Gasteiger partial charge in [-0.25, -0.2) is 4.79 Å². The molecule has 1 aromatic rings. The number of urea groups is 1. The van der Waals surface area contributed by atoms with E-state index in [2.05, 4.69) is 32.7 Å². The van der Waals surface area contributed by atoms with Crippen molar-refractivity contribution in [2.24, 2.45) is 11.8 Å². The summed E-state index contributed by atoms with van der Waals surface area (Å²) >= 11 is 1.42. The molecule has 2 heterocycles. The number of esters is 1. The quantitative estimate of drug-likeness (QED) is 0.699. The van der Waals surface area contributed by atoms with E-state index in [9.17, 15) is 9.59 Å². The number of piperidine rings is 1. The van der Waals surface area contributed by atoms with E-state index in [4.69, 9.17) is 4.74 Å². The van der Waals surface area contributed by atoms with Crippen LogP contribution in [0.5, 0.6) is 0 Å². The van der Waals surface area contributed by atoms with E-state index in [0.29, 0.717) is 30.2 Å². The molecular formula is C19H31N5O3S. The lowest BCUT2D eigenvalue weighted by Crippen LogP contribution is -2.37. The molecule has 9 heteroatoms. The van der Waals surface area contributed by atoms with Crippen molar-refractivity contribution in [2.75, 3.05) is 29.9 Å². The highest BCUT2D eigenvalue weighted by atomic mass is 32.1. The number of anilines is 2. The van der Waals surface area contributed by atoms with Gasteiger partial charge in [-0.2, -0.15) is 0 Å². The Morgan fingerprint density at radius 1 is 1.18 bits per heavy atom. The fourth-order valence-corrected chi connectivity index (χ4v) is 4.87. The van der Waals surface area contributed by atoms with Crippen LogP contribution in [0.2, 0.25) is 0 Å². The minimum Gasteiger partial charge on any atom is -0.466 e. The van der Waals surface area contributed by atoms with Gasteiger partial charge in [-0.1, -0.05) is 11.3 Å². The van der Waals surface area contributed by atoms with Crippen LogP contribution in [-0.4, -0.2) is 47.9 Å². The molecule has 2 amide bonds. The first-order chi connectivity index (χ1) is 13.6. The van der Waals surface area contributed by atoms with Crippen molar-refractivity contribution in [3.63, 3.8) is 0 Å². The summed E-state index contributed by atoms with van der Waals surface area (Å²) in [6.45, 7) is 6.08. The van der Waals surface area contributed by atoms with Gasteiger partial charge in [0.15, 0.2) is 0 Å². The van der Waals surface area contributed by atoms with Crippen molar-refractivity contribution < 1.29 is 14.3 Å². The highest BCUT2D eigenvalue weighted by molar-refractivity contribution is 7.19. The van der Waals surface area contributed by atoms with Crippen LogP contribution in [0.25, 0.3) is 0 Å². The fourth-order valence-electron chi connectivity index (χ4n) is 4.01. The molecule has 0 bridgehead atoms. The van der Waals surface area contributed by atoms with Crippen molar-refractivity contribution in [1.82, 2.24) is 15.5 Å². The van der Waals surface area contributed by atoms with E-state index in [1.165, 1.54) is 30.6 Å². The maximum absolute atomic E-state index is 12.2. The second-order valence-corrected chi connectivity index (χ2v) is 8.69. The zero-order valence-electron chi connectivity index (χ0n) is 16.8. The van der Waals surface area contributed by atoms with E-state index >= 15 is 0 Å². The molecule has 1 aliphatic heterocycles. The molecule has 0 aromatic carbocycles. The molecule has 156 valence electrons. The molecule has 3 rings (SSSR count). The number of nitrogens with zero attached hydrogens (tertiary/aromatic N) is 3. The Labute approximate surface area is 170 Å². The van der Waals surface area contributed by atoms with E-state index in [1.54, 1.807) is 0 Å². The average Bonchev–Trinajstić information content (AvgIpc) is 3.15. The van der Waals surface area contributed by atoms with Crippen LogP contribution in [0, 0.1) is 11.8 Å². The number of ether oxygens (including phenoxy) is 1. The third kappa shape index (κ3) is 5.56. The first-order valence-electron chi connectivity index (χ1n) is 10.4. The van der Waals surface area contributed by atoms with Crippen molar-refractivity contribution in [3.05, 3.63) is 0 Å². The molecule has 1 atom stereocenters. The number of amides is 2. The van der Waals surface area contributed by atoms with E-state index < -0.39 is 0 Å². The number of carbonyl (C=O) groups is 2. The second kappa shape index (κ2) is 10.0. The van der Waals surface area contributed by atoms with Crippen molar-refractivity contribution in [2.45, 2.75) is 64.8 Å². The standard InChI is InChI=1S/C19H31N5O3S/c1-3-27-16(25)15-9-7-14(8-10-15)12-20-17(26)21-18-22-23-19(28-18)24-11-5-4-6-13(24)2/h13-15H,3-12H2,1-2H3,(H2,20,21,22,26)/t13-,14?,15?/m1/s1. The van der Waals surface area contributed by atoms with Crippen LogP contribution in [0.15, 0.2) is 0 Å². The van der Waals surface area contributed by atoms with Crippen molar-refractivity contribution >= 4 is 33.6 Å². The van der Waals surface area contributed by atoms with Gasteiger partial charge in [-0.05, 0) is 64.7 Å². The third-order valence-corrected chi connectivity index (χ3v) is 6.58. The van der Waals surface area contributed by atoms with Gasteiger partial charge < -0.3 is 15.0 Å². The first kappa shape index (κ1) is 20.8. The van der Waals surface area contributed by atoms with Gasteiger partial charge in [0, 0.05) is 19.1 Å². The monoisotopic (exact) mass is 409 g/mol. The molecule has 1 saturated heterocycles. The van der Waals surface area contributed by atoms with Gasteiger partial charge in [-0.15, -0.1) is 10.2 Å². The summed E-state index contributed by atoms with van der Waals surface area (Å²) in [6, 6.07) is 0.218. The molecule has 0 spiro atoms. The van der Waals surface area contributed by atoms with Gasteiger partial charge in [0.05, 0.1) is 12.5 Å². The number of aromatic nitrogens is 2.